The molecule has 0 atom stereocenters. The lowest BCUT2D eigenvalue weighted by molar-refractivity contribution is -0.114. The number of nitrogens with one attached hydrogen (secondary N) is 1. The molecule has 5 nitrogen and oxygen atoms in total. The second-order valence-electron chi connectivity index (χ2n) is 6.19. The summed E-state index contributed by atoms with van der Waals surface area (Å²) >= 11 is 0. The highest BCUT2D eigenvalue weighted by molar-refractivity contribution is 6.62. The normalized spacial score (nSPS) is 19.1. The molecule has 0 radical (unpaired) electrons. The van der Waals surface area contributed by atoms with Gasteiger partial charge in [-0.25, -0.2) is 0 Å². The lowest BCUT2D eigenvalue weighted by atomic mass is 9.78. The molecule has 1 amide bonds. The van der Waals surface area contributed by atoms with Gasteiger partial charge in [0.05, 0.1) is 22.5 Å². The fraction of sp³-hybridized carbons (Fsp3) is 0.467. The van der Waals surface area contributed by atoms with E-state index in [-0.39, 0.29) is 5.91 Å². The van der Waals surface area contributed by atoms with Gasteiger partial charge >= 0.3 is 7.12 Å². The highest BCUT2D eigenvalue weighted by Crippen LogP contribution is 2.36. The van der Waals surface area contributed by atoms with Crippen molar-refractivity contribution in [3.63, 3.8) is 0 Å². The summed E-state index contributed by atoms with van der Waals surface area (Å²) < 4.78 is 11.9. The van der Waals surface area contributed by atoms with Crippen LogP contribution in [0.1, 0.15) is 40.2 Å². The van der Waals surface area contributed by atoms with Crippen molar-refractivity contribution in [1.82, 2.24) is 0 Å². The van der Waals surface area contributed by atoms with Gasteiger partial charge in [-0.05, 0) is 45.3 Å². The molecular formula is C15H19BN2O3. The lowest BCUT2D eigenvalue weighted by Crippen LogP contribution is -2.41. The molecule has 0 aliphatic carbocycles. The molecule has 1 aromatic carbocycles. The van der Waals surface area contributed by atoms with Crippen molar-refractivity contribution in [2.75, 3.05) is 5.32 Å². The Kier molecular flexibility index (Phi) is 3.83. The SMILES string of the molecule is CC(=O)Nc1ccc(B2OC(C)(C)C(C)(C)O2)cc1C#N. The van der Waals surface area contributed by atoms with E-state index in [0.717, 1.165) is 5.46 Å². The van der Waals surface area contributed by atoms with Gasteiger partial charge in [-0.2, -0.15) is 5.26 Å². The molecule has 6 heteroatoms. The molecule has 110 valence electrons. The van der Waals surface area contributed by atoms with Gasteiger partial charge in [0.1, 0.15) is 6.07 Å². The Morgan fingerprint density at radius 1 is 1.24 bits per heavy atom. The zero-order valence-electron chi connectivity index (χ0n) is 13.0. The summed E-state index contributed by atoms with van der Waals surface area (Å²) in [7, 11) is -0.520. The maximum absolute atomic E-state index is 11.1. The smallest absolute Gasteiger partial charge is 0.399 e. The molecule has 0 bridgehead atoms. The summed E-state index contributed by atoms with van der Waals surface area (Å²) in [4.78, 5) is 11.1. The second-order valence-corrected chi connectivity index (χ2v) is 6.19. The minimum absolute atomic E-state index is 0.213. The lowest BCUT2D eigenvalue weighted by Gasteiger charge is -2.32. The largest absolute Gasteiger partial charge is 0.494 e. The first-order chi connectivity index (χ1) is 9.66. The van der Waals surface area contributed by atoms with Crippen LogP contribution in [-0.2, 0) is 14.1 Å². The van der Waals surface area contributed by atoms with Crippen molar-refractivity contribution in [3.05, 3.63) is 23.8 Å². The number of carbonyl (C=O) groups is 1. The number of nitrogens with zero attached hydrogens (tertiary/aromatic N) is 1. The molecular weight excluding hydrogens is 267 g/mol. The Balaban J connectivity index is 2.31. The number of nitriles is 1. The molecule has 1 fully saturated rings. The van der Waals surface area contributed by atoms with Crippen LogP contribution in [0.2, 0.25) is 0 Å². The standard InChI is InChI=1S/C15H19BN2O3/c1-10(19)18-13-7-6-12(8-11(13)9-17)16-20-14(2,3)15(4,5)21-16/h6-8H,1-5H3,(H,18,19). The molecule has 1 N–H and O–H groups in total. The van der Waals surface area contributed by atoms with Crippen LogP contribution in [0.25, 0.3) is 0 Å². The predicted molar refractivity (Wildman–Crippen MR) is 81.2 cm³/mol. The summed E-state index contributed by atoms with van der Waals surface area (Å²) in [6.45, 7) is 9.31. The van der Waals surface area contributed by atoms with Crippen molar-refractivity contribution in [2.45, 2.75) is 45.8 Å². The second kappa shape index (κ2) is 5.17. The first-order valence-electron chi connectivity index (χ1n) is 6.83. The van der Waals surface area contributed by atoms with Crippen LogP contribution in [0.3, 0.4) is 0 Å². The van der Waals surface area contributed by atoms with Gasteiger partial charge in [-0.1, -0.05) is 6.07 Å². The zero-order valence-corrected chi connectivity index (χ0v) is 13.0. The zero-order chi connectivity index (χ0) is 15.8. The summed E-state index contributed by atoms with van der Waals surface area (Å²) in [5, 5.41) is 11.9. The Morgan fingerprint density at radius 3 is 2.29 bits per heavy atom. The van der Waals surface area contributed by atoms with Crippen LogP contribution in [0, 0.1) is 11.3 Å². The molecule has 1 saturated heterocycles. The minimum Gasteiger partial charge on any atom is -0.399 e. The first kappa shape index (κ1) is 15.6. The molecule has 1 aromatic rings. The van der Waals surface area contributed by atoms with Crippen molar-refractivity contribution in [3.8, 4) is 6.07 Å². The minimum atomic E-state index is -0.520. The highest BCUT2D eigenvalue weighted by atomic mass is 16.7. The van der Waals surface area contributed by atoms with E-state index in [1.165, 1.54) is 6.92 Å². The predicted octanol–water partition coefficient (Wildman–Crippen LogP) is 1.82. The van der Waals surface area contributed by atoms with E-state index in [2.05, 4.69) is 11.4 Å². The van der Waals surface area contributed by atoms with E-state index >= 15 is 0 Å². The third kappa shape index (κ3) is 2.94. The quantitative estimate of drug-likeness (QED) is 0.842. The number of carbonyl (C=O) groups excluding carboxylic acids is 1. The average Bonchev–Trinajstić information content (AvgIpc) is 2.58. The van der Waals surface area contributed by atoms with Crippen LogP contribution in [0.5, 0.6) is 0 Å². The molecule has 1 heterocycles. The number of amides is 1. The van der Waals surface area contributed by atoms with Crippen molar-refractivity contribution in [1.29, 1.82) is 5.26 Å². The van der Waals surface area contributed by atoms with Crippen molar-refractivity contribution >= 4 is 24.2 Å². The molecule has 1 aliphatic rings. The van der Waals surface area contributed by atoms with E-state index in [0.29, 0.717) is 11.3 Å². The van der Waals surface area contributed by atoms with Gasteiger partial charge in [0.2, 0.25) is 5.91 Å². The molecule has 2 rings (SSSR count). The summed E-state index contributed by atoms with van der Waals surface area (Å²) in [5.41, 5.74) is 0.781. The molecule has 0 unspecified atom stereocenters. The molecule has 0 aromatic heterocycles. The molecule has 0 saturated carbocycles. The molecule has 0 spiro atoms. The van der Waals surface area contributed by atoms with Gasteiger partial charge < -0.3 is 14.6 Å². The van der Waals surface area contributed by atoms with Gasteiger partial charge in [-0.15, -0.1) is 0 Å². The van der Waals surface area contributed by atoms with Crippen LogP contribution in [0.4, 0.5) is 5.69 Å². The van der Waals surface area contributed by atoms with E-state index in [4.69, 9.17) is 9.31 Å². The van der Waals surface area contributed by atoms with E-state index in [9.17, 15) is 10.1 Å². The summed E-state index contributed by atoms with van der Waals surface area (Å²) in [5.74, 6) is -0.213. The molecule has 1 aliphatic heterocycles. The monoisotopic (exact) mass is 286 g/mol. The Bertz CT molecular complexity index is 604. The van der Waals surface area contributed by atoms with Gasteiger partial charge in [0.15, 0.2) is 0 Å². The number of hydrogen-bond acceptors (Lipinski definition) is 4. The van der Waals surface area contributed by atoms with E-state index in [1.54, 1.807) is 18.2 Å². The Labute approximate surface area is 125 Å². The highest BCUT2D eigenvalue weighted by Gasteiger charge is 2.51. The van der Waals surface area contributed by atoms with E-state index in [1.807, 2.05) is 27.7 Å². The van der Waals surface area contributed by atoms with Crippen molar-refractivity contribution in [2.24, 2.45) is 0 Å². The Morgan fingerprint density at radius 2 is 1.81 bits per heavy atom. The third-order valence-corrected chi connectivity index (χ3v) is 4.00. The third-order valence-electron chi connectivity index (χ3n) is 4.00. The average molecular weight is 286 g/mol. The maximum atomic E-state index is 11.1. The van der Waals surface area contributed by atoms with Crippen LogP contribution in [-0.4, -0.2) is 24.2 Å². The van der Waals surface area contributed by atoms with Crippen molar-refractivity contribution < 1.29 is 14.1 Å². The van der Waals surface area contributed by atoms with Gasteiger partial charge in [0.25, 0.3) is 0 Å². The number of anilines is 1. The number of rotatable bonds is 2. The van der Waals surface area contributed by atoms with Crippen LogP contribution >= 0.6 is 0 Å². The fourth-order valence-corrected chi connectivity index (χ4v) is 2.08. The number of benzene rings is 1. The van der Waals surface area contributed by atoms with Gasteiger partial charge in [-0.3, -0.25) is 4.79 Å². The molecule has 21 heavy (non-hydrogen) atoms. The fourth-order valence-electron chi connectivity index (χ4n) is 2.08. The van der Waals surface area contributed by atoms with Gasteiger partial charge in [0, 0.05) is 6.92 Å². The van der Waals surface area contributed by atoms with E-state index < -0.39 is 18.3 Å². The Hall–Kier alpha value is -1.84. The topological polar surface area (TPSA) is 71.3 Å². The van der Waals surface area contributed by atoms with Crippen LogP contribution < -0.4 is 10.8 Å². The number of hydrogen-bond donors (Lipinski definition) is 1. The summed E-state index contributed by atoms with van der Waals surface area (Å²) in [6.07, 6.45) is 0. The van der Waals surface area contributed by atoms with Crippen LogP contribution in [0.15, 0.2) is 18.2 Å². The summed E-state index contributed by atoms with van der Waals surface area (Å²) in [6, 6.07) is 7.26. The maximum Gasteiger partial charge on any atom is 0.494 e. The first-order valence-corrected chi connectivity index (χ1v) is 6.83.